The summed E-state index contributed by atoms with van der Waals surface area (Å²) in [5.74, 6) is 1.30. The number of hydrogen-bond acceptors (Lipinski definition) is 3. The lowest BCUT2D eigenvalue weighted by atomic mass is 10.2. The third-order valence-corrected chi connectivity index (χ3v) is 2.72. The molecule has 1 heterocycles. The van der Waals surface area contributed by atoms with Crippen LogP contribution in [-0.4, -0.2) is 13.0 Å². The van der Waals surface area contributed by atoms with Crippen LogP contribution >= 0.6 is 0 Å². The Morgan fingerprint density at radius 3 is 2.56 bits per heavy atom. The van der Waals surface area contributed by atoms with E-state index in [-0.39, 0.29) is 5.91 Å². The summed E-state index contributed by atoms with van der Waals surface area (Å²) in [5, 5.41) is 2.84. The Hall–Kier alpha value is -2.23. The maximum absolute atomic E-state index is 11.8. The van der Waals surface area contributed by atoms with Crippen LogP contribution in [0.4, 0.5) is 0 Å². The summed E-state index contributed by atoms with van der Waals surface area (Å²) in [6.45, 7) is 2.25. The standard InChI is InChI=1S/C14H15NO3/c1-10-13(7-8-18-10)14(16)15-9-11-3-5-12(17-2)6-4-11/h3-8H,9H2,1-2H3,(H,15,16). The van der Waals surface area contributed by atoms with E-state index in [2.05, 4.69) is 5.32 Å². The maximum Gasteiger partial charge on any atom is 0.255 e. The molecule has 0 bridgehead atoms. The highest BCUT2D eigenvalue weighted by Gasteiger charge is 2.10. The molecule has 1 N–H and O–H groups in total. The van der Waals surface area contributed by atoms with Gasteiger partial charge in [0, 0.05) is 6.54 Å². The molecular formula is C14H15NO3. The van der Waals surface area contributed by atoms with E-state index in [9.17, 15) is 4.79 Å². The first-order chi connectivity index (χ1) is 8.70. The van der Waals surface area contributed by atoms with Gasteiger partial charge in [-0.2, -0.15) is 0 Å². The first-order valence-electron chi connectivity index (χ1n) is 5.66. The second-order valence-electron chi connectivity index (χ2n) is 3.92. The highest BCUT2D eigenvalue weighted by atomic mass is 16.5. The number of nitrogens with one attached hydrogen (secondary N) is 1. The van der Waals surface area contributed by atoms with Crippen molar-refractivity contribution >= 4 is 5.91 Å². The summed E-state index contributed by atoms with van der Waals surface area (Å²) < 4.78 is 10.2. The normalized spacial score (nSPS) is 10.1. The summed E-state index contributed by atoms with van der Waals surface area (Å²) >= 11 is 0. The van der Waals surface area contributed by atoms with Gasteiger partial charge in [-0.1, -0.05) is 12.1 Å². The van der Waals surface area contributed by atoms with Crippen molar-refractivity contribution in [3.63, 3.8) is 0 Å². The zero-order chi connectivity index (χ0) is 13.0. The number of amides is 1. The van der Waals surface area contributed by atoms with Crippen LogP contribution < -0.4 is 10.1 Å². The van der Waals surface area contributed by atoms with Gasteiger partial charge in [0.2, 0.25) is 0 Å². The fourth-order valence-corrected chi connectivity index (χ4v) is 1.64. The number of carbonyl (C=O) groups is 1. The van der Waals surface area contributed by atoms with E-state index in [4.69, 9.17) is 9.15 Å². The van der Waals surface area contributed by atoms with Crippen LogP contribution in [0.3, 0.4) is 0 Å². The molecule has 0 atom stereocenters. The van der Waals surface area contributed by atoms with Gasteiger partial charge in [-0.15, -0.1) is 0 Å². The lowest BCUT2D eigenvalue weighted by molar-refractivity contribution is 0.0949. The molecule has 0 saturated carbocycles. The molecule has 0 aliphatic carbocycles. The highest BCUT2D eigenvalue weighted by molar-refractivity contribution is 5.94. The third kappa shape index (κ3) is 2.71. The number of hydrogen-bond donors (Lipinski definition) is 1. The molecule has 0 unspecified atom stereocenters. The molecule has 94 valence electrons. The quantitative estimate of drug-likeness (QED) is 0.900. The molecule has 0 aliphatic heterocycles. The van der Waals surface area contributed by atoms with Gasteiger partial charge in [0.1, 0.15) is 11.5 Å². The highest BCUT2D eigenvalue weighted by Crippen LogP contribution is 2.12. The average molecular weight is 245 g/mol. The van der Waals surface area contributed by atoms with Crippen molar-refractivity contribution < 1.29 is 13.9 Å². The van der Waals surface area contributed by atoms with Crippen LogP contribution in [0.25, 0.3) is 0 Å². The summed E-state index contributed by atoms with van der Waals surface area (Å²) in [6, 6.07) is 9.23. The number of rotatable bonds is 4. The molecule has 2 rings (SSSR count). The zero-order valence-electron chi connectivity index (χ0n) is 10.4. The molecule has 4 heteroatoms. The van der Waals surface area contributed by atoms with E-state index < -0.39 is 0 Å². The molecular weight excluding hydrogens is 230 g/mol. The van der Waals surface area contributed by atoms with Crippen molar-refractivity contribution in [1.82, 2.24) is 5.32 Å². The SMILES string of the molecule is COc1ccc(CNC(=O)c2ccoc2C)cc1. The number of aryl methyl sites for hydroxylation is 1. The van der Waals surface area contributed by atoms with Crippen LogP contribution in [0.1, 0.15) is 21.7 Å². The van der Waals surface area contributed by atoms with E-state index in [1.54, 1.807) is 20.1 Å². The van der Waals surface area contributed by atoms with Gasteiger partial charge in [0.05, 0.1) is 18.9 Å². The van der Waals surface area contributed by atoms with Gasteiger partial charge in [-0.3, -0.25) is 4.79 Å². The number of methoxy groups -OCH3 is 1. The largest absolute Gasteiger partial charge is 0.497 e. The van der Waals surface area contributed by atoms with Crippen LogP contribution in [-0.2, 0) is 6.54 Å². The van der Waals surface area contributed by atoms with Gasteiger partial charge >= 0.3 is 0 Å². The van der Waals surface area contributed by atoms with Crippen molar-refractivity contribution in [2.24, 2.45) is 0 Å². The van der Waals surface area contributed by atoms with E-state index in [1.165, 1.54) is 6.26 Å². The molecule has 0 spiro atoms. The topological polar surface area (TPSA) is 51.5 Å². The van der Waals surface area contributed by atoms with Crippen molar-refractivity contribution in [2.45, 2.75) is 13.5 Å². The molecule has 4 nitrogen and oxygen atoms in total. The Balaban J connectivity index is 1.95. The van der Waals surface area contributed by atoms with Crippen LogP contribution in [0.2, 0.25) is 0 Å². The van der Waals surface area contributed by atoms with E-state index in [0.717, 1.165) is 11.3 Å². The van der Waals surface area contributed by atoms with Crippen molar-refractivity contribution in [1.29, 1.82) is 0 Å². The smallest absolute Gasteiger partial charge is 0.255 e. The minimum absolute atomic E-state index is 0.128. The molecule has 0 saturated heterocycles. The second kappa shape index (κ2) is 5.40. The zero-order valence-corrected chi connectivity index (χ0v) is 10.4. The first-order valence-corrected chi connectivity index (χ1v) is 5.66. The van der Waals surface area contributed by atoms with Crippen molar-refractivity contribution in [3.8, 4) is 5.75 Å². The van der Waals surface area contributed by atoms with Crippen molar-refractivity contribution in [3.05, 3.63) is 53.5 Å². The lowest BCUT2D eigenvalue weighted by Crippen LogP contribution is -2.22. The van der Waals surface area contributed by atoms with E-state index in [0.29, 0.717) is 17.9 Å². The molecule has 1 amide bonds. The molecule has 18 heavy (non-hydrogen) atoms. The van der Waals surface area contributed by atoms with Crippen LogP contribution in [0.5, 0.6) is 5.75 Å². The number of furan rings is 1. The lowest BCUT2D eigenvalue weighted by Gasteiger charge is -2.05. The second-order valence-corrected chi connectivity index (χ2v) is 3.92. The molecule has 2 aromatic rings. The minimum Gasteiger partial charge on any atom is -0.497 e. The van der Waals surface area contributed by atoms with Gasteiger partial charge in [0.25, 0.3) is 5.91 Å². The Kier molecular flexibility index (Phi) is 3.67. The summed E-state index contributed by atoms with van der Waals surface area (Å²) in [6.07, 6.45) is 1.51. The number of ether oxygens (including phenoxy) is 1. The van der Waals surface area contributed by atoms with Crippen LogP contribution in [0.15, 0.2) is 41.0 Å². The van der Waals surface area contributed by atoms with Gasteiger partial charge < -0.3 is 14.5 Å². The fraction of sp³-hybridized carbons (Fsp3) is 0.214. The molecule has 0 radical (unpaired) electrons. The predicted octanol–water partition coefficient (Wildman–Crippen LogP) is 2.53. The first kappa shape index (κ1) is 12.2. The molecule has 0 aliphatic rings. The minimum atomic E-state index is -0.128. The Labute approximate surface area is 106 Å². The molecule has 1 aromatic carbocycles. The van der Waals surface area contributed by atoms with Crippen molar-refractivity contribution in [2.75, 3.05) is 7.11 Å². The maximum atomic E-state index is 11.8. The average Bonchev–Trinajstić information content (AvgIpc) is 2.83. The predicted molar refractivity (Wildman–Crippen MR) is 67.6 cm³/mol. The number of benzene rings is 1. The Morgan fingerprint density at radius 1 is 1.28 bits per heavy atom. The Bertz CT molecular complexity index is 528. The summed E-state index contributed by atoms with van der Waals surface area (Å²) in [5.41, 5.74) is 1.59. The molecule has 1 aromatic heterocycles. The number of carbonyl (C=O) groups excluding carboxylic acids is 1. The monoisotopic (exact) mass is 245 g/mol. The summed E-state index contributed by atoms with van der Waals surface area (Å²) in [7, 11) is 1.62. The van der Waals surface area contributed by atoms with Gasteiger partial charge in [-0.05, 0) is 30.7 Å². The molecule has 0 fully saturated rings. The Morgan fingerprint density at radius 2 is 2.00 bits per heavy atom. The van der Waals surface area contributed by atoms with E-state index in [1.807, 2.05) is 24.3 Å². The fourth-order valence-electron chi connectivity index (χ4n) is 1.64. The van der Waals surface area contributed by atoms with Gasteiger partial charge in [0.15, 0.2) is 0 Å². The third-order valence-electron chi connectivity index (χ3n) is 2.72. The van der Waals surface area contributed by atoms with Crippen LogP contribution in [0, 0.1) is 6.92 Å². The van der Waals surface area contributed by atoms with E-state index >= 15 is 0 Å². The summed E-state index contributed by atoms with van der Waals surface area (Å²) in [4.78, 5) is 11.8. The van der Waals surface area contributed by atoms with Gasteiger partial charge in [-0.25, -0.2) is 0 Å².